The first-order chi connectivity index (χ1) is 11.1. The van der Waals surface area contributed by atoms with E-state index in [1.807, 2.05) is 0 Å². The molecule has 1 amide bonds. The highest BCUT2D eigenvalue weighted by Crippen LogP contribution is 2.12. The normalized spacial score (nSPS) is 18.3. The maximum absolute atomic E-state index is 11.7. The average Bonchev–Trinajstić information content (AvgIpc) is 2.57. The molecule has 0 radical (unpaired) electrons. The molecule has 1 atom stereocenters. The fraction of sp³-hybridized carbons (Fsp3) is 0.312. The predicted molar refractivity (Wildman–Crippen MR) is 82.8 cm³/mol. The quantitative estimate of drug-likeness (QED) is 0.613. The van der Waals surface area contributed by atoms with Crippen molar-refractivity contribution >= 4 is 24.0 Å². The summed E-state index contributed by atoms with van der Waals surface area (Å²) in [6, 6.07) is 5.09. The molecule has 0 aromatic carbocycles. The van der Waals surface area contributed by atoms with Crippen LogP contribution in [-0.2, 0) is 19.2 Å². The second kappa shape index (κ2) is 8.82. The SMILES string of the molecule is O=C(O)/C=C/c1cccc(/C=C/C(=O)NOC2CCCCO2)n1. The molecule has 2 heterocycles. The molecule has 23 heavy (non-hydrogen) atoms. The molecular formula is C16H18N2O5. The zero-order chi connectivity index (χ0) is 16.5. The summed E-state index contributed by atoms with van der Waals surface area (Å²) < 4.78 is 5.32. The van der Waals surface area contributed by atoms with E-state index in [0.717, 1.165) is 25.3 Å². The summed E-state index contributed by atoms with van der Waals surface area (Å²) in [5, 5.41) is 8.58. The molecule has 1 aliphatic rings. The van der Waals surface area contributed by atoms with Gasteiger partial charge in [0.2, 0.25) is 0 Å². The number of rotatable bonds is 6. The molecule has 7 nitrogen and oxygen atoms in total. The average molecular weight is 318 g/mol. The zero-order valence-electron chi connectivity index (χ0n) is 12.5. The molecule has 7 heteroatoms. The fourth-order valence-electron chi connectivity index (χ4n) is 1.93. The molecule has 122 valence electrons. The van der Waals surface area contributed by atoms with Gasteiger partial charge in [0.1, 0.15) is 0 Å². The molecule has 1 aromatic heterocycles. The number of hydrogen-bond acceptors (Lipinski definition) is 5. The molecule has 1 saturated heterocycles. The first-order valence-electron chi connectivity index (χ1n) is 7.27. The summed E-state index contributed by atoms with van der Waals surface area (Å²) in [5.41, 5.74) is 3.32. The summed E-state index contributed by atoms with van der Waals surface area (Å²) in [5.74, 6) is -1.47. The van der Waals surface area contributed by atoms with Crippen molar-refractivity contribution in [2.75, 3.05) is 6.61 Å². The summed E-state index contributed by atoms with van der Waals surface area (Å²) in [6.45, 7) is 0.636. The van der Waals surface area contributed by atoms with Crippen molar-refractivity contribution in [3.63, 3.8) is 0 Å². The molecule has 0 bridgehead atoms. The van der Waals surface area contributed by atoms with Crippen molar-refractivity contribution in [1.29, 1.82) is 0 Å². The van der Waals surface area contributed by atoms with E-state index in [1.165, 1.54) is 18.2 Å². The lowest BCUT2D eigenvalue weighted by Gasteiger charge is -2.21. The van der Waals surface area contributed by atoms with Crippen LogP contribution in [0.25, 0.3) is 12.2 Å². The molecule has 1 fully saturated rings. The number of hydroxylamine groups is 1. The number of carboxylic acids is 1. The molecule has 1 aliphatic heterocycles. The minimum absolute atomic E-state index is 0.399. The smallest absolute Gasteiger partial charge is 0.328 e. The molecule has 2 N–H and O–H groups in total. The van der Waals surface area contributed by atoms with Gasteiger partial charge < -0.3 is 9.84 Å². The van der Waals surface area contributed by atoms with Crippen molar-refractivity contribution in [3.8, 4) is 0 Å². The van der Waals surface area contributed by atoms with Gasteiger partial charge in [-0.2, -0.15) is 0 Å². The van der Waals surface area contributed by atoms with Gasteiger partial charge in [0.25, 0.3) is 5.91 Å². The highest BCUT2D eigenvalue weighted by Gasteiger charge is 2.14. The van der Waals surface area contributed by atoms with Gasteiger partial charge in [0.05, 0.1) is 11.4 Å². The van der Waals surface area contributed by atoms with Gasteiger partial charge in [-0.3, -0.25) is 4.79 Å². The van der Waals surface area contributed by atoms with Crippen LogP contribution in [0.4, 0.5) is 0 Å². The summed E-state index contributed by atoms with van der Waals surface area (Å²) >= 11 is 0. The number of aromatic nitrogens is 1. The van der Waals surface area contributed by atoms with E-state index >= 15 is 0 Å². The van der Waals surface area contributed by atoms with E-state index in [0.29, 0.717) is 18.0 Å². The number of hydrogen-bond donors (Lipinski definition) is 2. The number of carbonyl (C=O) groups is 2. The fourth-order valence-corrected chi connectivity index (χ4v) is 1.93. The molecule has 0 spiro atoms. The number of carboxylic acid groups (broad SMARTS) is 1. The Morgan fingerprint density at radius 3 is 2.65 bits per heavy atom. The van der Waals surface area contributed by atoms with E-state index in [2.05, 4.69) is 10.5 Å². The monoisotopic (exact) mass is 318 g/mol. The Morgan fingerprint density at radius 1 is 1.26 bits per heavy atom. The summed E-state index contributed by atoms with van der Waals surface area (Å²) in [4.78, 5) is 31.5. The summed E-state index contributed by atoms with van der Waals surface area (Å²) in [7, 11) is 0. The van der Waals surface area contributed by atoms with Crippen LogP contribution in [0.1, 0.15) is 30.7 Å². The second-order valence-electron chi connectivity index (χ2n) is 4.87. The third kappa shape index (κ3) is 6.41. The number of nitrogens with zero attached hydrogens (tertiary/aromatic N) is 1. The highest BCUT2D eigenvalue weighted by molar-refractivity contribution is 5.90. The van der Waals surface area contributed by atoms with Gasteiger partial charge in [-0.15, -0.1) is 0 Å². The maximum Gasteiger partial charge on any atom is 0.328 e. The number of aliphatic carboxylic acids is 1. The number of amides is 1. The first kappa shape index (κ1) is 16.9. The van der Waals surface area contributed by atoms with Gasteiger partial charge in [-0.25, -0.2) is 20.1 Å². The lowest BCUT2D eigenvalue weighted by atomic mass is 10.2. The standard InChI is InChI=1S/C16H18N2O5/c19-14(18-23-16-6-1-2-11-22-16)9-7-12-4-3-5-13(17-12)8-10-15(20)21/h3-5,7-10,16H,1-2,6,11H2,(H,18,19)(H,20,21)/b9-7+,10-8+. The largest absolute Gasteiger partial charge is 0.478 e. The van der Waals surface area contributed by atoms with Crippen LogP contribution in [0.3, 0.4) is 0 Å². The van der Waals surface area contributed by atoms with Crippen LogP contribution in [0.15, 0.2) is 30.4 Å². The van der Waals surface area contributed by atoms with Gasteiger partial charge in [-0.1, -0.05) is 6.07 Å². The summed E-state index contributed by atoms with van der Waals surface area (Å²) in [6.07, 6.45) is 7.55. The number of nitrogens with one attached hydrogen (secondary N) is 1. The number of ether oxygens (including phenoxy) is 1. The Balaban J connectivity index is 1.85. The Morgan fingerprint density at radius 2 is 2.00 bits per heavy atom. The topological polar surface area (TPSA) is 97.8 Å². The molecule has 0 saturated carbocycles. The highest BCUT2D eigenvalue weighted by atomic mass is 16.8. The van der Waals surface area contributed by atoms with E-state index in [9.17, 15) is 9.59 Å². The molecule has 0 aliphatic carbocycles. The lowest BCUT2D eigenvalue weighted by Crippen LogP contribution is -2.32. The number of carbonyl (C=O) groups excluding carboxylic acids is 1. The van der Waals surface area contributed by atoms with Crippen LogP contribution >= 0.6 is 0 Å². The van der Waals surface area contributed by atoms with Gasteiger partial charge in [-0.05, 0) is 37.1 Å². The van der Waals surface area contributed by atoms with Crippen LogP contribution in [0, 0.1) is 0 Å². The predicted octanol–water partition coefficient (Wildman–Crippen LogP) is 1.77. The van der Waals surface area contributed by atoms with Crippen LogP contribution < -0.4 is 5.48 Å². The van der Waals surface area contributed by atoms with Crippen LogP contribution in [0.2, 0.25) is 0 Å². The molecular weight excluding hydrogens is 300 g/mol. The minimum atomic E-state index is -1.05. The van der Waals surface area contributed by atoms with Crippen molar-refractivity contribution in [1.82, 2.24) is 10.5 Å². The van der Waals surface area contributed by atoms with Crippen molar-refractivity contribution in [2.24, 2.45) is 0 Å². The molecule has 1 unspecified atom stereocenters. The van der Waals surface area contributed by atoms with Crippen molar-refractivity contribution in [2.45, 2.75) is 25.6 Å². The van der Waals surface area contributed by atoms with E-state index in [1.54, 1.807) is 18.2 Å². The van der Waals surface area contributed by atoms with E-state index < -0.39 is 18.2 Å². The molecule has 2 rings (SSSR count). The van der Waals surface area contributed by atoms with Crippen LogP contribution in [0.5, 0.6) is 0 Å². The third-order valence-corrected chi connectivity index (χ3v) is 3.02. The second-order valence-corrected chi connectivity index (χ2v) is 4.87. The Hall–Kier alpha value is -2.51. The van der Waals surface area contributed by atoms with E-state index in [4.69, 9.17) is 14.7 Å². The van der Waals surface area contributed by atoms with Crippen molar-refractivity contribution < 1.29 is 24.3 Å². The lowest BCUT2D eigenvalue weighted by molar-refractivity contribution is -0.198. The van der Waals surface area contributed by atoms with Crippen LogP contribution in [-0.4, -0.2) is 34.9 Å². The number of pyridine rings is 1. The van der Waals surface area contributed by atoms with Gasteiger partial charge in [0.15, 0.2) is 6.29 Å². The zero-order valence-corrected chi connectivity index (χ0v) is 12.5. The first-order valence-corrected chi connectivity index (χ1v) is 7.27. The Labute approximate surface area is 133 Å². The third-order valence-electron chi connectivity index (χ3n) is 3.02. The maximum atomic E-state index is 11.7. The molecule has 1 aromatic rings. The minimum Gasteiger partial charge on any atom is -0.478 e. The van der Waals surface area contributed by atoms with Gasteiger partial charge >= 0.3 is 5.97 Å². The Bertz CT molecular complexity index is 606. The Kier molecular flexibility index (Phi) is 6.46. The van der Waals surface area contributed by atoms with Gasteiger partial charge in [0, 0.05) is 25.2 Å². The van der Waals surface area contributed by atoms with E-state index in [-0.39, 0.29) is 0 Å². The van der Waals surface area contributed by atoms with Crippen molar-refractivity contribution in [3.05, 3.63) is 41.7 Å².